The molecule has 7 aliphatic rings. The van der Waals surface area contributed by atoms with Gasteiger partial charge < -0.3 is 34.5 Å². The minimum atomic E-state index is -1.00. The van der Waals surface area contributed by atoms with Gasteiger partial charge in [0.25, 0.3) is 0 Å². The maximum absolute atomic E-state index is 12.5. The molecule has 7 fully saturated rings. The first-order valence-electron chi connectivity index (χ1n) is 17.8. The van der Waals surface area contributed by atoms with Crippen LogP contribution < -0.4 is 5.32 Å². The van der Waals surface area contributed by atoms with Gasteiger partial charge in [-0.05, 0) is 117 Å². The number of morpholine rings is 1. The number of nitrogens with one attached hydrogen (secondary N) is 1. The smallest absolute Gasteiger partial charge is 0.170 e. The van der Waals surface area contributed by atoms with Gasteiger partial charge in [0, 0.05) is 25.1 Å². The number of hydrogen-bond donors (Lipinski definition) is 3. The molecule has 0 amide bonds. The lowest BCUT2D eigenvalue weighted by atomic mass is 9.41. The Kier molecular flexibility index (Phi) is 7.37. The molecule has 43 heavy (non-hydrogen) atoms. The summed E-state index contributed by atoms with van der Waals surface area (Å²) < 4.78 is 25.7. The van der Waals surface area contributed by atoms with E-state index in [1.807, 2.05) is 20.8 Å². The van der Waals surface area contributed by atoms with Gasteiger partial charge in [0.15, 0.2) is 6.29 Å². The SMILES string of the molecule is CCO[C@@H](C1C[C@@H](C)[C@H]2C(O1)[C@H](O)[C@@]1(C)C3CC[C@H]4C(C)(C)[C@@H](O[C@H]5CNCCO5)CCC45C[C@@]35CCC21C)C(C)(C)O. The van der Waals surface area contributed by atoms with Crippen LogP contribution in [0, 0.1) is 50.7 Å². The van der Waals surface area contributed by atoms with Gasteiger partial charge in [-0.15, -0.1) is 0 Å². The molecule has 2 aliphatic heterocycles. The van der Waals surface area contributed by atoms with Crippen LogP contribution in [0.5, 0.6) is 0 Å². The molecule has 0 bridgehead atoms. The zero-order valence-electron chi connectivity index (χ0n) is 28.3. The van der Waals surface area contributed by atoms with Crippen LogP contribution in [0.15, 0.2) is 0 Å². The van der Waals surface area contributed by atoms with E-state index < -0.39 is 17.8 Å². The highest BCUT2D eigenvalue weighted by Gasteiger charge is 2.84. The summed E-state index contributed by atoms with van der Waals surface area (Å²) in [5.74, 6) is 1.89. The van der Waals surface area contributed by atoms with Crippen LogP contribution in [0.25, 0.3) is 0 Å². The molecule has 5 unspecified atom stereocenters. The molecule has 5 saturated carbocycles. The monoisotopic (exact) mass is 603 g/mol. The van der Waals surface area contributed by atoms with Gasteiger partial charge in [0.05, 0.1) is 36.6 Å². The fraction of sp³-hybridized carbons (Fsp3) is 1.00. The van der Waals surface area contributed by atoms with Crippen LogP contribution in [0.1, 0.15) is 107 Å². The molecule has 0 aromatic carbocycles. The second-order valence-corrected chi connectivity index (χ2v) is 17.7. The normalized spacial score (nSPS) is 54.4. The van der Waals surface area contributed by atoms with Crippen molar-refractivity contribution in [3.8, 4) is 0 Å². The van der Waals surface area contributed by atoms with Gasteiger partial charge in [0.1, 0.15) is 6.10 Å². The van der Waals surface area contributed by atoms with E-state index in [4.69, 9.17) is 18.9 Å². The first kappa shape index (κ1) is 31.3. The highest BCUT2D eigenvalue weighted by molar-refractivity contribution is 5.33. The summed E-state index contributed by atoms with van der Waals surface area (Å²) in [4.78, 5) is 0. The molecule has 5 aliphatic carbocycles. The standard InChI is InChI=1S/C36H61NO6/c1-9-40-30(32(5,6)39)22-18-21(2)27-28(42-22)29(38)34(8)24-11-10-23-31(3,4)25(43-26-19-37-16-17-41-26)12-13-35(23)20-36(24,35)15-14-33(27,34)7/h21-30,37-39H,9-20H2,1-8H3/t21-,22?,23+,24?,25+,26+,27+,28?,29+,30+,33?,34-,35?,36+/m1/s1. The number of aliphatic hydroxyl groups is 2. The first-order valence-corrected chi connectivity index (χ1v) is 17.8. The van der Waals surface area contributed by atoms with Gasteiger partial charge in [0.2, 0.25) is 0 Å². The molecule has 7 rings (SSSR count). The van der Waals surface area contributed by atoms with Gasteiger partial charge in [-0.2, -0.15) is 0 Å². The van der Waals surface area contributed by atoms with Crippen molar-refractivity contribution in [2.45, 2.75) is 149 Å². The lowest BCUT2D eigenvalue weighted by Gasteiger charge is -2.64. The lowest BCUT2D eigenvalue weighted by molar-refractivity contribution is -0.237. The Labute approximate surface area is 260 Å². The van der Waals surface area contributed by atoms with Crippen LogP contribution in [0.4, 0.5) is 0 Å². The quantitative estimate of drug-likeness (QED) is 0.379. The molecule has 3 N–H and O–H groups in total. The van der Waals surface area contributed by atoms with Crippen LogP contribution in [-0.2, 0) is 18.9 Å². The fourth-order valence-electron chi connectivity index (χ4n) is 13.5. The van der Waals surface area contributed by atoms with Crippen molar-refractivity contribution in [1.29, 1.82) is 0 Å². The van der Waals surface area contributed by atoms with E-state index in [2.05, 4.69) is 39.9 Å². The van der Waals surface area contributed by atoms with Crippen molar-refractivity contribution in [2.75, 3.05) is 26.3 Å². The van der Waals surface area contributed by atoms with Gasteiger partial charge in [-0.1, -0.05) is 34.6 Å². The predicted octanol–water partition coefficient (Wildman–Crippen LogP) is 5.31. The van der Waals surface area contributed by atoms with E-state index in [1.54, 1.807) is 0 Å². The summed E-state index contributed by atoms with van der Waals surface area (Å²) in [7, 11) is 0. The maximum Gasteiger partial charge on any atom is 0.170 e. The molecule has 7 heteroatoms. The summed E-state index contributed by atoms with van der Waals surface area (Å²) >= 11 is 0. The van der Waals surface area contributed by atoms with Crippen molar-refractivity contribution in [1.82, 2.24) is 5.32 Å². The van der Waals surface area contributed by atoms with Crippen LogP contribution in [0.2, 0.25) is 0 Å². The summed E-state index contributed by atoms with van der Waals surface area (Å²) in [5.41, 5.74) is -0.354. The highest BCUT2D eigenvalue weighted by Crippen LogP contribution is 2.89. The predicted molar refractivity (Wildman–Crippen MR) is 165 cm³/mol. The largest absolute Gasteiger partial charge is 0.390 e. The highest BCUT2D eigenvalue weighted by atomic mass is 16.7. The summed E-state index contributed by atoms with van der Waals surface area (Å²) in [6.07, 6.45) is 8.19. The molecule has 246 valence electrons. The molecule has 2 spiro atoms. The molecule has 0 radical (unpaired) electrons. The Hall–Kier alpha value is -0.280. The van der Waals surface area contributed by atoms with E-state index in [-0.39, 0.29) is 40.8 Å². The molecular weight excluding hydrogens is 542 g/mol. The van der Waals surface area contributed by atoms with Crippen molar-refractivity contribution >= 4 is 0 Å². The van der Waals surface area contributed by atoms with Crippen molar-refractivity contribution in [2.24, 2.45) is 50.7 Å². The molecule has 7 nitrogen and oxygen atoms in total. The summed E-state index contributed by atoms with van der Waals surface area (Å²) in [5, 5.41) is 27.0. The van der Waals surface area contributed by atoms with Crippen LogP contribution >= 0.6 is 0 Å². The average molecular weight is 604 g/mol. The molecular formula is C36H61NO6. The first-order chi connectivity index (χ1) is 20.2. The summed E-state index contributed by atoms with van der Waals surface area (Å²) in [6.45, 7) is 20.9. The minimum absolute atomic E-state index is 0.0327. The molecule has 2 saturated heterocycles. The van der Waals surface area contributed by atoms with Gasteiger partial charge in [-0.25, -0.2) is 0 Å². The second kappa shape index (κ2) is 10.1. The second-order valence-electron chi connectivity index (χ2n) is 17.7. The topological polar surface area (TPSA) is 89.4 Å². The number of ether oxygens (including phenoxy) is 4. The van der Waals surface area contributed by atoms with Crippen molar-refractivity contribution in [3.63, 3.8) is 0 Å². The van der Waals surface area contributed by atoms with E-state index in [9.17, 15) is 10.2 Å². The maximum atomic E-state index is 12.5. The third kappa shape index (κ3) is 4.10. The van der Waals surface area contributed by atoms with Crippen LogP contribution in [0.3, 0.4) is 0 Å². The average Bonchev–Trinajstić information content (AvgIpc) is 3.58. The fourth-order valence-corrected chi connectivity index (χ4v) is 13.5. The number of rotatable bonds is 6. The van der Waals surface area contributed by atoms with E-state index in [0.29, 0.717) is 41.1 Å². The Balaban J connectivity index is 1.16. The van der Waals surface area contributed by atoms with Gasteiger partial charge >= 0.3 is 0 Å². The van der Waals surface area contributed by atoms with Crippen molar-refractivity contribution < 1.29 is 29.2 Å². The summed E-state index contributed by atoms with van der Waals surface area (Å²) in [6, 6.07) is 0. The van der Waals surface area contributed by atoms with Gasteiger partial charge in [-0.3, -0.25) is 0 Å². The number of hydrogen-bond acceptors (Lipinski definition) is 7. The number of fused-ring (bicyclic) bond motifs is 4. The minimum Gasteiger partial charge on any atom is -0.390 e. The van der Waals surface area contributed by atoms with Crippen molar-refractivity contribution in [3.05, 3.63) is 0 Å². The molecule has 14 atom stereocenters. The third-order valence-corrected chi connectivity index (χ3v) is 15.4. The zero-order chi connectivity index (χ0) is 30.8. The third-order valence-electron chi connectivity index (χ3n) is 15.4. The Morgan fingerprint density at radius 3 is 2.42 bits per heavy atom. The van der Waals surface area contributed by atoms with E-state index in [1.165, 1.54) is 38.5 Å². The van der Waals surface area contributed by atoms with E-state index >= 15 is 0 Å². The Morgan fingerprint density at radius 2 is 1.74 bits per heavy atom. The molecule has 0 aromatic rings. The lowest BCUT2D eigenvalue weighted by Crippen LogP contribution is -2.60. The van der Waals surface area contributed by atoms with Crippen LogP contribution in [-0.4, -0.2) is 78.9 Å². The molecule has 2 heterocycles. The molecule has 0 aromatic heterocycles. The zero-order valence-corrected chi connectivity index (χ0v) is 28.3. The Morgan fingerprint density at radius 1 is 1.02 bits per heavy atom. The Bertz CT molecular complexity index is 1070. The van der Waals surface area contributed by atoms with E-state index in [0.717, 1.165) is 32.5 Å². The number of aliphatic hydroxyl groups excluding tert-OH is 1.